The van der Waals surface area contributed by atoms with Gasteiger partial charge in [-0.1, -0.05) is 6.92 Å². The highest BCUT2D eigenvalue weighted by Crippen LogP contribution is 2.44. The summed E-state index contributed by atoms with van der Waals surface area (Å²) >= 11 is 0. The van der Waals surface area contributed by atoms with E-state index < -0.39 is 17.3 Å². The number of piperidine rings is 1. The number of hydrogen-bond donors (Lipinski definition) is 2. The lowest BCUT2D eigenvalue weighted by atomic mass is 9.93. The number of aromatic carboxylic acids is 1. The zero-order valence-electron chi connectivity index (χ0n) is 16.0. The number of nitrogens with zero attached hydrogens (tertiary/aromatic N) is 2. The van der Waals surface area contributed by atoms with Gasteiger partial charge in [0.2, 0.25) is 0 Å². The lowest BCUT2D eigenvalue weighted by Gasteiger charge is -2.36. The smallest absolute Gasteiger partial charge is 0.341 e. The zero-order valence-corrected chi connectivity index (χ0v) is 16.8. The quantitative estimate of drug-likeness (QED) is 0.665. The highest BCUT2D eigenvalue weighted by molar-refractivity contribution is 5.89. The topological polar surface area (TPSA) is 89.7 Å². The average molecular weight is 410 g/mol. The first-order chi connectivity index (χ1) is 12.8. The Morgan fingerprint density at radius 3 is 2.57 bits per heavy atom. The zero-order chi connectivity index (χ0) is 19.5. The van der Waals surface area contributed by atoms with Crippen LogP contribution in [0.5, 0.6) is 0 Å². The van der Waals surface area contributed by atoms with Crippen molar-refractivity contribution in [3.05, 3.63) is 45.1 Å². The number of hydrogen-bond acceptors (Lipinski definition) is 3. The van der Waals surface area contributed by atoms with Gasteiger partial charge in [0.1, 0.15) is 11.6 Å². The first-order valence-corrected chi connectivity index (χ1v) is 9.49. The number of carboxylic acid groups (broad SMARTS) is 1. The van der Waals surface area contributed by atoms with Crippen LogP contribution >= 0.6 is 0 Å². The number of aromatic nitrogens is 1. The van der Waals surface area contributed by atoms with Crippen molar-refractivity contribution < 1.29 is 32.4 Å². The molecule has 3 heterocycles. The molecular weight excluding hydrogens is 385 g/mol. The third-order valence-electron chi connectivity index (χ3n) is 6.12. The van der Waals surface area contributed by atoms with E-state index in [-0.39, 0.29) is 29.9 Å². The summed E-state index contributed by atoms with van der Waals surface area (Å²) in [5.41, 5.74) is 5.92. The van der Waals surface area contributed by atoms with Crippen LogP contribution in [0.25, 0.3) is 5.52 Å². The molecule has 1 aliphatic heterocycles. The van der Waals surface area contributed by atoms with E-state index in [0.29, 0.717) is 29.2 Å². The maximum absolute atomic E-state index is 15.1. The number of fused-ring (bicyclic) bond motifs is 1. The van der Waals surface area contributed by atoms with Crippen LogP contribution < -0.4 is 28.6 Å². The molecule has 4 N–H and O–H groups in total. The second kappa shape index (κ2) is 7.37. The van der Waals surface area contributed by atoms with E-state index in [0.717, 1.165) is 37.6 Å². The van der Waals surface area contributed by atoms with Gasteiger partial charge >= 0.3 is 5.97 Å². The van der Waals surface area contributed by atoms with Gasteiger partial charge in [0, 0.05) is 12.5 Å². The molecule has 0 spiro atoms. The summed E-state index contributed by atoms with van der Waals surface area (Å²) in [7, 11) is 0. The van der Waals surface area contributed by atoms with Crippen molar-refractivity contribution in [1.29, 1.82) is 0 Å². The van der Waals surface area contributed by atoms with Crippen molar-refractivity contribution in [3.8, 4) is 0 Å². The summed E-state index contributed by atoms with van der Waals surface area (Å²) in [5.74, 6) is -1.04. The number of quaternary nitrogens is 1. The molecule has 2 atom stereocenters. The predicted molar refractivity (Wildman–Crippen MR) is 100.0 cm³/mol. The van der Waals surface area contributed by atoms with Crippen molar-refractivity contribution in [2.75, 3.05) is 18.0 Å². The van der Waals surface area contributed by atoms with E-state index in [1.54, 1.807) is 0 Å². The molecule has 6 nitrogen and oxygen atoms in total. The number of aryl methyl sites for hydroxylation is 1. The van der Waals surface area contributed by atoms with Gasteiger partial charge < -0.3 is 28.1 Å². The van der Waals surface area contributed by atoms with Crippen molar-refractivity contribution in [2.45, 2.75) is 45.1 Å². The van der Waals surface area contributed by atoms with E-state index in [2.05, 4.69) is 12.7 Å². The van der Waals surface area contributed by atoms with Gasteiger partial charge in [0.25, 0.3) is 5.56 Å². The highest BCUT2D eigenvalue weighted by atomic mass is 35.5. The van der Waals surface area contributed by atoms with Crippen LogP contribution in [0.3, 0.4) is 0 Å². The Balaban J connectivity index is 0.00000225. The van der Waals surface area contributed by atoms with Gasteiger partial charge in [-0.25, -0.2) is 9.18 Å². The molecule has 1 aliphatic carbocycles. The first-order valence-electron chi connectivity index (χ1n) is 9.49. The van der Waals surface area contributed by atoms with Crippen LogP contribution in [0, 0.1) is 18.7 Å². The molecule has 8 heteroatoms. The van der Waals surface area contributed by atoms with Crippen molar-refractivity contribution in [3.63, 3.8) is 0 Å². The molecule has 0 unspecified atom stereocenters. The fourth-order valence-corrected chi connectivity index (χ4v) is 4.24. The van der Waals surface area contributed by atoms with Crippen LogP contribution in [0.15, 0.2) is 17.1 Å². The van der Waals surface area contributed by atoms with E-state index in [1.807, 2.05) is 11.8 Å². The molecule has 0 radical (unpaired) electrons. The highest BCUT2D eigenvalue weighted by Gasteiger charge is 2.32. The van der Waals surface area contributed by atoms with Crippen LogP contribution in [0.4, 0.5) is 10.1 Å². The summed E-state index contributed by atoms with van der Waals surface area (Å²) in [6, 6.07) is 1.71. The summed E-state index contributed by atoms with van der Waals surface area (Å²) in [5, 5.41) is 9.38. The molecule has 1 saturated carbocycles. The van der Waals surface area contributed by atoms with E-state index in [9.17, 15) is 14.7 Å². The van der Waals surface area contributed by atoms with Crippen LogP contribution in [0.1, 0.15) is 53.6 Å². The number of rotatable bonds is 3. The standard InChI is InChI=1S/C20H24FN3O3.ClH/c1-10-5-6-23(9-16(10)22)18-11(2)17-13(12-3-4-12)7-14(20(26)27)19(25)24(17)8-15(18)21;/h7-8,10,12,16H,3-6,9,22H2,1-2H3,(H,26,27);1H/t10-,16+;/m0./s1. The Kier molecular flexibility index (Phi) is 5.42. The van der Waals surface area contributed by atoms with Gasteiger partial charge in [0.15, 0.2) is 5.82 Å². The minimum atomic E-state index is -1.27. The molecule has 1 saturated heterocycles. The molecular formula is C20H25ClFN3O3. The lowest BCUT2D eigenvalue weighted by molar-refractivity contribution is -0.430. The predicted octanol–water partition coefficient (Wildman–Crippen LogP) is -1.22. The molecule has 2 aromatic heterocycles. The van der Waals surface area contributed by atoms with Crippen LogP contribution in [-0.4, -0.2) is 34.6 Å². The third kappa shape index (κ3) is 3.26. The summed E-state index contributed by atoms with van der Waals surface area (Å²) in [6.07, 6.45) is 4.02. The van der Waals surface area contributed by atoms with Gasteiger partial charge in [-0.2, -0.15) is 0 Å². The maximum Gasteiger partial charge on any atom is 0.341 e. The van der Waals surface area contributed by atoms with Gasteiger partial charge in [0.05, 0.1) is 23.9 Å². The van der Waals surface area contributed by atoms with Gasteiger partial charge in [-0.15, -0.1) is 0 Å². The number of halogens is 2. The number of pyridine rings is 2. The number of carboxylic acids is 1. The molecule has 2 aliphatic rings. The third-order valence-corrected chi connectivity index (χ3v) is 6.12. The molecule has 4 rings (SSSR count). The SMILES string of the molecule is Cc1c(N2CC[C@H](C)[C@H]([NH3+])C2)c(F)cn2c(=O)c(C(=O)O)cc(C3CC3)c12.[Cl-]. The minimum absolute atomic E-state index is 0. The normalized spacial score (nSPS) is 22.2. The number of carbonyl (C=O) groups is 1. The second-order valence-electron chi connectivity index (χ2n) is 8.04. The molecule has 0 bridgehead atoms. The first kappa shape index (κ1) is 20.6. The molecule has 0 amide bonds. The molecule has 28 heavy (non-hydrogen) atoms. The van der Waals surface area contributed by atoms with Crippen molar-refractivity contribution >= 4 is 17.2 Å². The van der Waals surface area contributed by atoms with E-state index >= 15 is 4.39 Å². The lowest BCUT2D eigenvalue weighted by Crippen LogP contribution is -3.00. The van der Waals surface area contributed by atoms with Crippen molar-refractivity contribution in [1.82, 2.24) is 4.40 Å². The van der Waals surface area contributed by atoms with Crippen molar-refractivity contribution in [2.24, 2.45) is 5.92 Å². The molecule has 2 fully saturated rings. The largest absolute Gasteiger partial charge is 1.00 e. The maximum atomic E-state index is 15.1. The van der Waals surface area contributed by atoms with Gasteiger partial charge in [-0.05, 0) is 49.3 Å². The number of anilines is 1. The fourth-order valence-electron chi connectivity index (χ4n) is 4.24. The Labute approximate surface area is 168 Å². The summed E-state index contributed by atoms with van der Waals surface area (Å²) in [6.45, 7) is 5.41. The second-order valence-corrected chi connectivity index (χ2v) is 8.04. The van der Waals surface area contributed by atoms with Crippen LogP contribution in [-0.2, 0) is 0 Å². The summed E-state index contributed by atoms with van der Waals surface area (Å²) in [4.78, 5) is 26.2. The van der Waals surface area contributed by atoms with E-state index in [1.165, 1.54) is 10.5 Å². The Morgan fingerprint density at radius 2 is 2.00 bits per heavy atom. The molecule has 152 valence electrons. The Bertz CT molecular complexity index is 1000. The van der Waals surface area contributed by atoms with Crippen LogP contribution in [0.2, 0.25) is 0 Å². The van der Waals surface area contributed by atoms with Gasteiger partial charge in [-0.3, -0.25) is 9.20 Å². The Morgan fingerprint density at radius 1 is 1.32 bits per heavy atom. The average Bonchev–Trinajstić information content (AvgIpc) is 3.43. The monoisotopic (exact) mass is 409 g/mol. The molecule has 2 aromatic rings. The van der Waals surface area contributed by atoms with E-state index in [4.69, 9.17) is 0 Å². The molecule has 0 aromatic carbocycles. The minimum Gasteiger partial charge on any atom is -1.00 e. The fraction of sp³-hybridized carbons (Fsp3) is 0.500. The summed E-state index contributed by atoms with van der Waals surface area (Å²) < 4.78 is 16.3. The Hall–Kier alpha value is -2.12.